The van der Waals surface area contributed by atoms with E-state index in [4.69, 9.17) is 4.42 Å². The fourth-order valence-electron chi connectivity index (χ4n) is 2.93. The normalized spacial score (nSPS) is 11.5. The summed E-state index contributed by atoms with van der Waals surface area (Å²) in [6.45, 7) is 4.23. The van der Waals surface area contributed by atoms with Gasteiger partial charge in [0.15, 0.2) is 0 Å². The first kappa shape index (κ1) is 14.6. The molecule has 0 aliphatic carbocycles. The van der Waals surface area contributed by atoms with Gasteiger partial charge >= 0.3 is 0 Å². The molecule has 0 bridgehead atoms. The van der Waals surface area contributed by atoms with E-state index in [1.54, 1.807) is 6.20 Å². The number of benzene rings is 2. The van der Waals surface area contributed by atoms with Crippen LogP contribution < -0.4 is 5.43 Å². The van der Waals surface area contributed by atoms with Crippen molar-refractivity contribution in [2.24, 2.45) is 0 Å². The Morgan fingerprint density at radius 3 is 2.38 bits per heavy atom. The van der Waals surface area contributed by atoms with Gasteiger partial charge in [-0.3, -0.25) is 9.78 Å². The largest absolute Gasteiger partial charge is 0.456 e. The Hall–Kier alpha value is -2.94. The zero-order chi connectivity index (χ0) is 16.7. The second-order valence-electron chi connectivity index (χ2n) is 6.27. The lowest BCUT2D eigenvalue weighted by Gasteiger charge is -2.08. The Kier molecular flexibility index (Phi) is 3.42. The van der Waals surface area contributed by atoms with Gasteiger partial charge in [0.25, 0.3) is 0 Å². The standard InChI is InChI=1S/C21H17NO2/c1-13(2)14-6-8-19-16(11-14)21(23)17-12-15(7-9-20(17)24-19)18-5-3-4-10-22-18/h3-13H,1-2H3. The fraction of sp³-hybridized carbons (Fsp3) is 0.143. The van der Waals surface area contributed by atoms with Gasteiger partial charge in [-0.05, 0) is 53.9 Å². The van der Waals surface area contributed by atoms with Gasteiger partial charge in [-0.2, -0.15) is 0 Å². The Balaban J connectivity index is 2.00. The summed E-state index contributed by atoms with van der Waals surface area (Å²) in [4.78, 5) is 17.3. The minimum Gasteiger partial charge on any atom is -0.456 e. The lowest BCUT2D eigenvalue weighted by atomic mass is 10.0. The quantitative estimate of drug-likeness (QED) is 0.481. The molecule has 4 rings (SSSR count). The van der Waals surface area contributed by atoms with Crippen LogP contribution in [0, 0.1) is 0 Å². The second-order valence-corrected chi connectivity index (χ2v) is 6.27. The van der Waals surface area contributed by atoms with E-state index in [-0.39, 0.29) is 5.43 Å². The molecule has 3 heteroatoms. The van der Waals surface area contributed by atoms with Crippen LogP contribution >= 0.6 is 0 Å². The van der Waals surface area contributed by atoms with Crippen molar-refractivity contribution >= 4 is 21.9 Å². The number of hydrogen-bond acceptors (Lipinski definition) is 3. The van der Waals surface area contributed by atoms with E-state index in [0.717, 1.165) is 16.8 Å². The average Bonchev–Trinajstić information content (AvgIpc) is 2.62. The van der Waals surface area contributed by atoms with E-state index in [2.05, 4.69) is 18.8 Å². The summed E-state index contributed by atoms with van der Waals surface area (Å²) in [6.07, 6.45) is 1.75. The van der Waals surface area contributed by atoms with Crippen LogP contribution in [0.3, 0.4) is 0 Å². The molecule has 24 heavy (non-hydrogen) atoms. The highest BCUT2D eigenvalue weighted by molar-refractivity contribution is 5.92. The molecule has 2 heterocycles. The van der Waals surface area contributed by atoms with Crippen LogP contribution in [0.15, 0.2) is 70.0 Å². The monoisotopic (exact) mass is 315 g/mol. The molecular formula is C21H17NO2. The summed E-state index contributed by atoms with van der Waals surface area (Å²) in [5.41, 5.74) is 4.12. The van der Waals surface area contributed by atoms with Crippen LogP contribution in [-0.2, 0) is 0 Å². The summed E-state index contributed by atoms with van der Waals surface area (Å²) in [7, 11) is 0. The van der Waals surface area contributed by atoms with Crippen molar-refractivity contribution in [1.82, 2.24) is 4.98 Å². The van der Waals surface area contributed by atoms with E-state index < -0.39 is 0 Å². The maximum absolute atomic E-state index is 13.0. The molecule has 2 aromatic carbocycles. The lowest BCUT2D eigenvalue weighted by molar-refractivity contribution is 0.659. The molecular weight excluding hydrogens is 298 g/mol. The van der Waals surface area contributed by atoms with Crippen molar-refractivity contribution in [3.05, 3.63) is 76.6 Å². The third-order valence-electron chi connectivity index (χ3n) is 4.32. The molecule has 0 fully saturated rings. The highest BCUT2D eigenvalue weighted by Crippen LogP contribution is 2.26. The molecule has 0 spiro atoms. The van der Waals surface area contributed by atoms with E-state index in [0.29, 0.717) is 27.9 Å². The zero-order valence-corrected chi connectivity index (χ0v) is 13.6. The molecule has 0 unspecified atom stereocenters. The van der Waals surface area contributed by atoms with Gasteiger partial charge in [0.05, 0.1) is 16.5 Å². The first-order valence-corrected chi connectivity index (χ1v) is 8.05. The minimum atomic E-state index is 0.00605. The highest BCUT2D eigenvalue weighted by Gasteiger charge is 2.11. The van der Waals surface area contributed by atoms with E-state index >= 15 is 0 Å². The summed E-state index contributed by atoms with van der Waals surface area (Å²) in [6, 6.07) is 17.2. The van der Waals surface area contributed by atoms with Gasteiger partial charge in [0.2, 0.25) is 5.43 Å². The predicted octanol–water partition coefficient (Wildman–Crippen LogP) is 5.13. The Morgan fingerprint density at radius 2 is 1.67 bits per heavy atom. The maximum atomic E-state index is 13.0. The minimum absolute atomic E-state index is 0.00605. The Bertz CT molecular complexity index is 1100. The van der Waals surface area contributed by atoms with Gasteiger partial charge in [-0.25, -0.2) is 0 Å². The highest BCUT2D eigenvalue weighted by atomic mass is 16.3. The molecule has 0 aliphatic rings. The van der Waals surface area contributed by atoms with Gasteiger partial charge in [0.1, 0.15) is 11.2 Å². The van der Waals surface area contributed by atoms with Crippen molar-refractivity contribution in [2.75, 3.05) is 0 Å². The zero-order valence-electron chi connectivity index (χ0n) is 13.6. The van der Waals surface area contributed by atoms with Gasteiger partial charge in [-0.1, -0.05) is 26.0 Å². The number of rotatable bonds is 2. The van der Waals surface area contributed by atoms with Crippen LogP contribution in [0.5, 0.6) is 0 Å². The van der Waals surface area contributed by atoms with Crippen molar-refractivity contribution in [1.29, 1.82) is 0 Å². The summed E-state index contributed by atoms with van der Waals surface area (Å²) >= 11 is 0. The number of pyridine rings is 1. The van der Waals surface area contributed by atoms with Gasteiger partial charge in [0, 0.05) is 11.8 Å². The molecule has 0 N–H and O–H groups in total. The molecule has 118 valence electrons. The first-order valence-electron chi connectivity index (χ1n) is 8.05. The molecule has 2 aromatic heterocycles. The molecule has 0 saturated carbocycles. The van der Waals surface area contributed by atoms with Crippen LogP contribution in [0.25, 0.3) is 33.2 Å². The third kappa shape index (κ3) is 2.38. The molecule has 0 atom stereocenters. The molecule has 0 amide bonds. The number of nitrogens with zero attached hydrogens (tertiary/aromatic N) is 1. The average molecular weight is 315 g/mol. The molecule has 0 saturated heterocycles. The summed E-state index contributed by atoms with van der Waals surface area (Å²) < 4.78 is 5.93. The van der Waals surface area contributed by atoms with Crippen LogP contribution in [0.4, 0.5) is 0 Å². The van der Waals surface area contributed by atoms with Crippen LogP contribution in [0.1, 0.15) is 25.3 Å². The Morgan fingerprint density at radius 1 is 0.917 bits per heavy atom. The van der Waals surface area contributed by atoms with Crippen molar-refractivity contribution < 1.29 is 4.42 Å². The van der Waals surface area contributed by atoms with Crippen molar-refractivity contribution in [2.45, 2.75) is 19.8 Å². The molecule has 4 aromatic rings. The lowest BCUT2D eigenvalue weighted by Crippen LogP contribution is -2.03. The first-order chi connectivity index (χ1) is 11.6. The molecule has 0 radical (unpaired) electrons. The Labute approximate surface area is 139 Å². The fourth-order valence-corrected chi connectivity index (χ4v) is 2.93. The van der Waals surface area contributed by atoms with Crippen LogP contribution in [-0.4, -0.2) is 4.98 Å². The smallest absolute Gasteiger partial charge is 0.200 e. The van der Waals surface area contributed by atoms with Gasteiger partial charge in [-0.15, -0.1) is 0 Å². The van der Waals surface area contributed by atoms with Gasteiger partial charge < -0.3 is 4.42 Å². The summed E-state index contributed by atoms with van der Waals surface area (Å²) in [5.74, 6) is 0.365. The number of fused-ring (bicyclic) bond motifs is 2. The number of hydrogen-bond donors (Lipinski definition) is 0. The van der Waals surface area contributed by atoms with Crippen molar-refractivity contribution in [3.8, 4) is 11.3 Å². The second kappa shape index (κ2) is 5.60. The topological polar surface area (TPSA) is 43.1 Å². The van der Waals surface area contributed by atoms with E-state index in [1.807, 2.05) is 54.6 Å². The van der Waals surface area contributed by atoms with E-state index in [1.165, 1.54) is 0 Å². The third-order valence-corrected chi connectivity index (χ3v) is 4.32. The summed E-state index contributed by atoms with van der Waals surface area (Å²) in [5, 5.41) is 1.22. The van der Waals surface area contributed by atoms with E-state index in [9.17, 15) is 4.79 Å². The predicted molar refractivity (Wildman–Crippen MR) is 97.3 cm³/mol. The SMILES string of the molecule is CC(C)c1ccc2oc3ccc(-c4ccccn4)cc3c(=O)c2c1. The van der Waals surface area contributed by atoms with Crippen LogP contribution in [0.2, 0.25) is 0 Å². The number of aromatic nitrogens is 1. The molecule has 0 aliphatic heterocycles. The maximum Gasteiger partial charge on any atom is 0.200 e. The molecule has 3 nitrogen and oxygen atoms in total. The van der Waals surface area contributed by atoms with Crippen molar-refractivity contribution in [3.63, 3.8) is 0 Å².